The number of allylic oxidation sites excluding steroid dienone is 5. The summed E-state index contributed by atoms with van der Waals surface area (Å²) in [7, 11) is 0. The molecule has 0 saturated carbocycles. The fourth-order valence-electron chi connectivity index (χ4n) is 5.62. The third-order valence-corrected chi connectivity index (χ3v) is 7.89. The highest BCUT2D eigenvalue weighted by molar-refractivity contribution is 6.00. The molecule has 1 fully saturated rings. The molecule has 6 heteroatoms. The third kappa shape index (κ3) is 9.77. The Kier molecular flexibility index (Phi) is 12.4. The normalized spacial score (nSPS) is 25.2. The van der Waals surface area contributed by atoms with Gasteiger partial charge in [-0.05, 0) is 85.1 Å². The Labute approximate surface area is 230 Å². The summed E-state index contributed by atoms with van der Waals surface area (Å²) in [5.74, 6) is -1.08. The smallest absolute Gasteiger partial charge is 0.335 e. The van der Waals surface area contributed by atoms with E-state index in [1.54, 1.807) is 6.92 Å². The number of carbonyl (C=O) groups is 3. The van der Waals surface area contributed by atoms with Gasteiger partial charge in [0.25, 0.3) is 0 Å². The van der Waals surface area contributed by atoms with E-state index in [1.165, 1.54) is 17.9 Å². The van der Waals surface area contributed by atoms with Gasteiger partial charge in [-0.3, -0.25) is 14.6 Å². The summed E-state index contributed by atoms with van der Waals surface area (Å²) in [5.41, 5.74) is 2.68. The molecule has 1 heterocycles. The Hall–Kier alpha value is -2.31. The summed E-state index contributed by atoms with van der Waals surface area (Å²) in [6, 6.07) is 0.524. The first-order valence-electron chi connectivity index (χ1n) is 14.2. The summed E-state index contributed by atoms with van der Waals surface area (Å²) in [6.07, 6.45) is 11.8. The average molecular weight is 527 g/mol. The Morgan fingerprint density at radius 3 is 2.29 bits per heavy atom. The molecule has 0 amide bonds. The first-order chi connectivity index (χ1) is 17.8. The van der Waals surface area contributed by atoms with Crippen molar-refractivity contribution in [1.82, 2.24) is 9.80 Å². The molecule has 38 heavy (non-hydrogen) atoms. The maximum Gasteiger partial charge on any atom is 0.335 e. The molecule has 0 N–H and O–H groups in total. The lowest BCUT2D eigenvalue weighted by molar-refractivity contribution is -0.132. The molecule has 1 aliphatic heterocycles. The van der Waals surface area contributed by atoms with Crippen LogP contribution in [-0.2, 0) is 19.1 Å². The molecular weight excluding hydrogens is 476 g/mol. The Bertz CT molecular complexity index is 958. The largest absolute Gasteiger partial charge is 0.432 e. The van der Waals surface area contributed by atoms with E-state index in [2.05, 4.69) is 56.6 Å². The van der Waals surface area contributed by atoms with Crippen LogP contribution in [0.25, 0.3) is 0 Å². The van der Waals surface area contributed by atoms with Crippen LogP contribution in [0.4, 0.5) is 0 Å². The summed E-state index contributed by atoms with van der Waals surface area (Å²) in [6.45, 7) is 20.6. The van der Waals surface area contributed by atoms with Gasteiger partial charge in [0.2, 0.25) is 0 Å². The van der Waals surface area contributed by atoms with Crippen LogP contribution in [0, 0.1) is 17.3 Å². The number of ketones is 2. The van der Waals surface area contributed by atoms with Crippen molar-refractivity contribution in [2.75, 3.05) is 32.7 Å². The van der Waals surface area contributed by atoms with E-state index in [1.807, 2.05) is 19.9 Å². The summed E-state index contributed by atoms with van der Waals surface area (Å²) >= 11 is 0. The van der Waals surface area contributed by atoms with Crippen LogP contribution < -0.4 is 0 Å². The molecule has 212 valence electrons. The lowest BCUT2D eigenvalue weighted by Crippen LogP contribution is -2.49. The molecule has 3 atom stereocenters. The summed E-state index contributed by atoms with van der Waals surface area (Å²) < 4.78 is 5.36. The summed E-state index contributed by atoms with van der Waals surface area (Å²) in [4.78, 5) is 43.4. The molecule has 0 aromatic heterocycles. The average Bonchev–Trinajstić information content (AvgIpc) is 2.90. The number of Topliss-reactive ketones (excluding diaryl/α,β-unsaturated/α-hetero) is 2. The van der Waals surface area contributed by atoms with Crippen LogP contribution in [0.3, 0.4) is 0 Å². The zero-order chi connectivity index (χ0) is 28.5. The first-order valence-corrected chi connectivity index (χ1v) is 14.2. The fourth-order valence-corrected chi connectivity index (χ4v) is 5.62. The van der Waals surface area contributed by atoms with Crippen LogP contribution >= 0.6 is 0 Å². The van der Waals surface area contributed by atoms with Gasteiger partial charge in [0.05, 0.1) is 6.26 Å². The third-order valence-electron chi connectivity index (χ3n) is 7.89. The van der Waals surface area contributed by atoms with E-state index in [4.69, 9.17) is 4.74 Å². The zero-order valence-corrected chi connectivity index (χ0v) is 25.0. The van der Waals surface area contributed by atoms with Crippen LogP contribution in [-0.4, -0.2) is 66.1 Å². The quantitative estimate of drug-likeness (QED) is 0.145. The van der Waals surface area contributed by atoms with Crippen LogP contribution in [0.5, 0.6) is 0 Å². The van der Waals surface area contributed by atoms with Gasteiger partial charge in [-0.15, -0.1) is 0 Å². The molecule has 0 unspecified atom stereocenters. The van der Waals surface area contributed by atoms with Crippen LogP contribution in [0.1, 0.15) is 81.1 Å². The highest BCUT2D eigenvalue weighted by Gasteiger charge is 2.43. The van der Waals surface area contributed by atoms with E-state index in [9.17, 15) is 14.4 Å². The highest BCUT2D eigenvalue weighted by Crippen LogP contribution is 2.46. The predicted molar refractivity (Wildman–Crippen MR) is 155 cm³/mol. The molecule has 2 aliphatic rings. The van der Waals surface area contributed by atoms with E-state index in [0.717, 1.165) is 56.6 Å². The standard InChI is InChI=1S/C32H50N2O4/c1-23(2)10-9-13-32(8)14-11-27(22-33-15-17-34(18-16-33)25(5)6)31(37)28(21-26(7)35)29(32)12-19-38-30(36)20-24(3)4/h10-12,19-20,25,28-29H,9,13-18,21-22H2,1-8H3/b19-12+/t28-,29-,32-/m0/s1. The molecule has 1 saturated heterocycles. The minimum absolute atomic E-state index is 0.00160. The number of hydrogen-bond acceptors (Lipinski definition) is 6. The molecule has 6 nitrogen and oxygen atoms in total. The Morgan fingerprint density at radius 1 is 1.08 bits per heavy atom. The predicted octanol–water partition coefficient (Wildman–Crippen LogP) is 5.90. The summed E-state index contributed by atoms with van der Waals surface area (Å²) in [5, 5.41) is 0. The Balaban J connectivity index is 2.37. The maximum absolute atomic E-state index is 14.0. The van der Waals surface area contributed by atoms with E-state index in [-0.39, 0.29) is 29.3 Å². The molecule has 0 aromatic rings. The number of nitrogens with zero attached hydrogens (tertiary/aromatic N) is 2. The molecule has 0 bridgehead atoms. The number of hydrogen-bond donors (Lipinski definition) is 0. The lowest BCUT2D eigenvalue weighted by Gasteiger charge is -2.38. The van der Waals surface area contributed by atoms with Crippen molar-refractivity contribution in [2.45, 2.75) is 87.1 Å². The van der Waals surface area contributed by atoms with Crippen molar-refractivity contribution in [3.05, 3.63) is 47.3 Å². The topological polar surface area (TPSA) is 66.9 Å². The van der Waals surface area contributed by atoms with E-state index < -0.39 is 11.9 Å². The first kappa shape index (κ1) is 31.9. The molecule has 0 radical (unpaired) electrons. The van der Waals surface area contributed by atoms with Crippen molar-refractivity contribution in [3.63, 3.8) is 0 Å². The second kappa shape index (κ2) is 14.7. The van der Waals surface area contributed by atoms with Crippen LogP contribution in [0.15, 0.2) is 47.3 Å². The number of carbonyl (C=O) groups excluding carboxylic acids is 3. The maximum atomic E-state index is 14.0. The molecule has 0 aromatic carbocycles. The number of ether oxygens (including phenoxy) is 1. The molecule has 0 spiro atoms. The Morgan fingerprint density at radius 2 is 1.74 bits per heavy atom. The van der Waals surface area contributed by atoms with Gasteiger partial charge in [0.15, 0.2) is 5.78 Å². The highest BCUT2D eigenvalue weighted by atomic mass is 16.5. The van der Waals surface area contributed by atoms with Crippen molar-refractivity contribution < 1.29 is 19.1 Å². The van der Waals surface area contributed by atoms with Crippen molar-refractivity contribution in [3.8, 4) is 0 Å². The van der Waals surface area contributed by atoms with E-state index >= 15 is 0 Å². The number of rotatable bonds is 11. The van der Waals surface area contributed by atoms with Crippen molar-refractivity contribution >= 4 is 17.5 Å². The minimum atomic E-state index is -0.478. The van der Waals surface area contributed by atoms with Gasteiger partial charge in [-0.25, -0.2) is 4.79 Å². The number of esters is 1. The van der Waals surface area contributed by atoms with Crippen molar-refractivity contribution in [1.29, 1.82) is 0 Å². The fraction of sp³-hybridized carbons (Fsp3) is 0.656. The molecular formula is C32H50N2O4. The zero-order valence-electron chi connectivity index (χ0n) is 25.0. The van der Waals surface area contributed by atoms with Gasteiger partial charge in [-0.2, -0.15) is 0 Å². The van der Waals surface area contributed by atoms with Crippen LogP contribution in [0.2, 0.25) is 0 Å². The van der Waals surface area contributed by atoms with Gasteiger partial charge < -0.3 is 9.53 Å². The SMILES string of the molecule is CC(=O)C[C@@H]1C(=O)C(CN2CCN(C(C)C)CC2)=CC[C@](C)(CCC=C(C)C)[C@H]1/C=C/OC(=O)C=C(C)C. The lowest BCUT2D eigenvalue weighted by atomic mass is 9.65. The molecule has 2 rings (SSSR count). The number of piperazine rings is 1. The minimum Gasteiger partial charge on any atom is -0.432 e. The molecule has 1 aliphatic carbocycles. The van der Waals surface area contributed by atoms with E-state index in [0.29, 0.717) is 12.6 Å². The van der Waals surface area contributed by atoms with Gasteiger partial charge in [0.1, 0.15) is 5.78 Å². The second-order valence-electron chi connectivity index (χ2n) is 12.2. The van der Waals surface area contributed by atoms with Gasteiger partial charge in [0, 0.05) is 62.8 Å². The van der Waals surface area contributed by atoms with Gasteiger partial charge >= 0.3 is 5.97 Å². The van der Waals surface area contributed by atoms with Crippen molar-refractivity contribution in [2.24, 2.45) is 17.3 Å². The van der Waals surface area contributed by atoms with Gasteiger partial charge in [-0.1, -0.05) is 30.2 Å². The monoisotopic (exact) mass is 526 g/mol. The second-order valence-corrected chi connectivity index (χ2v) is 12.2.